The molecule has 51 valence electrons. The van der Waals surface area contributed by atoms with Crippen LogP contribution in [0.15, 0.2) is 0 Å². The normalized spacial score (nSPS) is 23.0. The van der Waals surface area contributed by atoms with Gasteiger partial charge in [0, 0.05) is 13.1 Å². The van der Waals surface area contributed by atoms with Crippen LogP contribution in [0.1, 0.15) is 6.42 Å². The van der Waals surface area contributed by atoms with E-state index in [4.69, 9.17) is 0 Å². The van der Waals surface area contributed by atoms with Gasteiger partial charge in [0.2, 0.25) is 0 Å². The van der Waals surface area contributed by atoms with Crippen molar-refractivity contribution >= 4 is 5.91 Å². The zero-order chi connectivity index (χ0) is 6.69. The lowest BCUT2D eigenvalue weighted by Crippen LogP contribution is -2.26. The van der Waals surface area contributed by atoms with E-state index in [1.165, 1.54) is 0 Å². The first-order valence-electron chi connectivity index (χ1n) is 3.18. The fourth-order valence-corrected chi connectivity index (χ4v) is 0.904. The van der Waals surface area contributed by atoms with Crippen LogP contribution >= 0.6 is 0 Å². The minimum atomic E-state index is 0.0231. The molecule has 0 bridgehead atoms. The molecule has 0 atom stereocenters. The highest BCUT2D eigenvalue weighted by molar-refractivity contribution is 5.77. The number of nitrogens with zero attached hydrogens (tertiary/aromatic N) is 2. The van der Waals surface area contributed by atoms with Gasteiger partial charge < -0.3 is 0 Å². The van der Waals surface area contributed by atoms with Crippen molar-refractivity contribution < 1.29 is 4.79 Å². The number of amides is 1. The summed E-state index contributed by atoms with van der Waals surface area (Å²) in [5.41, 5.74) is 0. The van der Waals surface area contributed by atoms with E-state index >= 15 is 0 Å². The van der Waals surface area contributed by atoms with Crippen molar-refractivity contribution in [1.29, 1.82) is 0 Å². The van der Waals surface area contributed by atoms with Crippen molar-refractivity contribution in [2.75, 3.05) is 26.7 Å². The number of hydrogen-bond acceptors (Lipinski definition) is 2. The highest BCUT2D eigenvalue weighted by Gasteiger charge is 2.10. The van der Waals surface area contributed by atoms with E-state index in [0.717, 1.165) is 13.0 Å². The summed E-state index contributed by atoms with van der Waals surface area (Å²) in [7, 11) is 1.94. The molecular formula is C6H11N2O. The Morgan fingerprint density at radius 1 is 1.67 bits per heavy atom. The Kier molecular flexibility index (Phi) is 2.05. The summed E-state index contributed by atoms with van der Waals surface area (Å²) in [6.07, 6.45) is 1.02. The lowest BCUT2D eigenvalue weighted by molar-refractivity contribution is -0.121. The molecule has 0 N–H and O–H groups in total. The molecule has 1 heterocycles. The predicted molar refractivity (Wildman–Crippen MR) is 34.1 cm³/mol. The van der Waals surface area contributed by atoms with E-state index in [-0.39, 0.29) is 5.91 Å². The van der Waals surface area contributed by atoms with Gasteiger partial charge in [-0.05, 0) is 13.5 Å². The van der Waals surface area contributed by atoms with Crippen molar-refractivity contribution in [3.63, 3.8) is 0 Å². The second-order valence-corrected chi connectivity index (χ2v) is 2.37. The van der Waals surface area contributed by atoms with Crippen LogP contribution in [0, 0.1) is 0 Å². The number of rotatable bonds is 0. The SMILES string of the molecule is CN1CCC[N]C(=O)C1. The van der Waals surface area contributed by atoms with Gasteiger partial charge in [0.05, 0.1) is 6.54 Å². The Bertz CT molecular complexity index is 114. The Labute approximate surface area is 55.0 Å². The molecule has 3 nitrogen and oxygen atoms in total. The predicted octanol–water partition coefficient (Wildman–Crippen LogP) is -0.547. The highest BCUT2D eigenvalue weighted by Crippen LogP contribution is 1.91. The van der Waals surface area contributed by atoms with Crippen molar-refractivity contribution in [1.82, 2.24) is 10.2 Å². The molecular weight excluding hydrogens is 116 g/mol. The van der Waals surface area contributed by atoms with Gasteiger partial charge in [-0.1, -0.05) is 0 Å². The van der Waals surface area contributed by atoms with Crippen LogP contribution in [0.25, 0.3) is 0 Å². The van der Waals surface area contributed by atoms with Gasteiger partial charge in [-0.15, -0.1) is 0 Å². The van der Waals surface area contributed by atoms with E-state index in [0.29, 0.717) is 13.1 Å². The van der Waals surface area contributed by atoms with E-state index in [1.807, 2.05) is 11.9 Å². The quantitative estimate of drug-likeness (QED) is 0.437. The largest absolute Gasteiger partial charge is 0.297 e. The summed E-state index contributed by atoms with van der Waals surface area (Å²) >= 11 is 0. The number of carbonyl (C=O) groups is 1. The molecule has 1 aliphatic heterocycles. The maximum atomic E-state index is 10.7. The van der Waals surface area contributed by atoms with Gasteiger partial charge in [0.1, 0.15) is 0 Å². The fourth-order valence-electron chi connectivity index (χ4n) is 0.904. The van der Waals surface area contributed by atoms with E-state index in [2.05, 4.69) is 5.32 Å². The van der Waals surface area contributed by atoms with Crippen LogP contribution in [0.5, 0.6) is 0 Å². The van der Waals surface area contributed by atoms with Crippen molar-refractivity contribution in [3.8, 4) is 0 Å². The zero-order valence-corrected chi connectivity index (χ0v) is 5.63. The molecule has 0 aromatic heterocycles. The molecule has 1 aliphatic rings. The van der Waals surface area contributed by atoms with Crippen LogP contribution in [-0.4, -0.2) is 37.5 Å². The second-order valence-electron chi connectivity index (χ2n) is 2.37. The molecule has 1 amide bonds. The standard InChI is InChI=1S/C6H11N2O/c1-8-4-2-3-7-6(9)5-8/h2-5H2,1H3. The summed E-state index contributed by atoms with van der Waals surface area (Å²) in [4.78, 5) is 12.7. The molecule has 1 fully saturated rings. The van der Waals surface area contributed by atoms with Gasteiger partial charge in [0.15, 0.2) is 0 Å². The van der Waals surface area contributed by atoms with Crippen LogP contribution in [-0.2, 0) is 4.79 Å². The Morgan fingerprint density at radius 3 is 3.22 bits per heavy atom. The topological polar surface area (TPSA) is 34.4 Å². The minimum absolute atomic E-state index is 0.0231. The smallest absolute Gasteiger partial charge is 0.255 e. The molecule has 1 rings (SSSR count). The van der Waals surface area contributed by atoms with E-state index in [9.17, 15) is 4.79 Å². The molecule has 9 heavy (non-hydrogen) atoms. The summed E-state index contributed by atoms with van der Waals surface area (Å²) in [6, 6.07) is 0. The molecule has 0 aliphatic carbocycles. The summed E-state index contributed by atoms with van der Waals surface area (Å²) in [6.45, 7) is 2.21. The third-order valence-corrected chi connectivity index (χ3v) is 1.39. The van der Waals surface area contributed by atoms with Gasteiger partial charge in [-0.2, -0.15) is 0 Å². The van der Waals surface area contributed by atoms with Crippen molar-refractivity contribution in [2.45, 2.75) is 6.42 Å². The third-order valence-electron chi connectivity index (χ3n) is 1.39. The molecule has 0 aromatic rings. The summed E-state index contributed by atoms with van der Waals surface area (Å²) in [5.74, 6) is 0.0231. The number of hydrogen-bond donors (Lipinski definition) is 0. The van der Waals surface area contributed by atoms with E-state index < -0.39 is 0 Å². The average Bonchev–Trinajstić information content (AvgIpc) is 1.93. The molecule has 0 unspecified atom stereocenters. The molecule has 3 heteroatoms. The Morgan fingerprint density at radius 2 is 2.44 bits per heavy atom. The van der Waals surface area contributed by atoms with Crippen LogP contribution in [0.2, 0.25) is 0 Å². The maximum Gasteiger partial charge on any atom is 0.255 e. The molecule has 0 spiro atoms. The summed E-state index contributed by atoms with van der Waals surface area (Å²) < 4.78 is 0. The first-order chi connectivity index (χ1) is 4.29. The van der Waals surface area contributed by atoms with Gasteiger partial charge in [-0.3, -0.25) is 15.0 Å². The Balaban J connectivity index is 2.37. The van der Waals surface area contributed by atoms with Gasteiger partial charge in [0.25, 0.3) is 5.91 Å². The Hall–Kier alpha value is -0.570. The third kappa shape index (κ3) is 2.01. The molecule has 1 radical (unpaired) electrons. The highest BCUT2D eigenvalue weighted by atomic mass is 16.2. The number of likely N-dealkylation sites (N-methyl/N-ethyl adjacent to an activating group) is 1. The monoisotopic (exact) mass is 127 g/mol. The lowest BCUT2D eigenvalue weighted by atomic mass is 10.4. The van der Waals surface area contributed by atoms with E-state index in [1.54, 1.807) is 0 Å². The first-order valence-corrected chi connectivity index (χ1v) is 3.18. The lowest BCUT2D eigenvalue weighted by Gasteiger charge is -2.08. The van der Waals surface area contributed by atoms with Gasteiger partial charge in [-0.25, -0.2) is 0 Å². The molecule has 0 aromatic carbocycles. The van der Waals surface area contributed by atoms with Crippen LogP contribution < -0.4 is 5.32 Å². The maximum absolute atomic E-state index is 10.7. The number of carbonyl (C=O) groups excluding carboxylic acids is 1. The average molecular weight is 127 g/mol. The molecule has 1 saturated heterocycles. The first kappa shape index (κ1) is 6.55. The fraction of sp³-hybridized carbons (Fsp3) is 0.833. The van der Waals surface area contributed by atoms with Gasteiger partial charge >= 0.3 is 0 Å². The zero-order valence-electron chi connectivity index (χ0n) is 5.63. The van der Waals surface area contributed by atoms with Crippen molar-refractivity contribution in [2.24, 2.45) is 0 Å². The molecule has 0 saturated carbocycles. The van der Waals surface area contributed by atoms with Crippen LogP contribution in [0.3, 0.4) is 0 Å². The minimum Gasteiger partial charge on any atom is -0.297 e. The van der Waals surface area contributed by atoms with Crippen molar-refractivity contribution in [3.05, 3.63) is 0 Å². The second kappa shape index (κ2) is 2.82. The van der Waals surface area contributed by atoms with Crippen LogP contribution in [0.4, 0.5) is 0 Å². The summed E-state index contributed by atoms with van der Waals surface area (Å²) in [5, 5.41) is 3.79.